The van der Waals surface area contributed by atoms with Gasteiger partial charge >= 0.3 is 0 Å². The highest BCUT2D eigenvalue weighted by atomic mass is 16.5. The lowest BCUT2D eigenvalue weighted by Gasteiger charge is -2.28. The number of ether oxygens (including phenoxy) is 2. The van der Waals surface area contributed by atoms with Crippen LogP contribution in [0.15, 0.2) is 0 Å². The van der Waals surface area contributed by atoms with Crippen LogP contribution in [0.1, 0.15) is 32.1 Å². The molecular weight excluding hydrogens is 216 g/mol. The topological polar surface area (TPSA) is 47.7 Å². The third-order valence-electron chi connectivity index (χ3n) is 3.75. The van der Waals surface area contributed by atoms with Crippen LogP contribution < -0.4 is 5.73 Å². The summed E-state index contributed by atoms with van der Waals surface area (Å²) in [5.41, 5.74) is 6.47. The Kier molecular flexibility index (Phi) is 7.04. The second-order valence-electron chi connectivity index (χ2n) is 5.15. The number of nitrogens with two attached hydrogens (primary N) is 1. The Morgan fingerprint density at radius 2 is 1.53 bits per heavy atom. The van der Waals surface area contributed by atoms with Gasteiger partial charge in [0.05, 0.1) is 13.2 Å². The number of hydrogen-bond acceptors (Lipinski definition) is 4. The lowest BCUT2D eigenvalue weighted by atomic mass is 9.94. The van der Waals surface area contributed by atoms with Crippen molar-refractivity contribution in [2.45, 2.75) is 37.6 Å². The van der Waals surface area contributed by atoms with Crippen LogP contribution in [0.5, 0.6) is 0 Å². The Bertz CT molecular complexity index is 186. The van der Waals surface area contributed by atoms with Gasteiger partial charge in [-0.2, -0.15) is 0 Å². The molecule has 0 radical (unpaired) electrons. The Morgan fingerprint density at radius 1 is 1.00 bits per heavy atom. The van der Waals surface area contributed by atoms with Crippen molar-refractivity contribution in [3.8, 4) is 0 Å². The monoisotopic (exact) mass is 244 g/mol. The zero-order valence-electron chi connectivity index (χ0n) is 11.4. The highest BCUT2D eigenvalue weighted by Crippen LogP contribution is 2.30. The van der Waals surface area contributed by atoms with Gasteiger partial charge in [-0.25, -0.2) is 0 Å². The maximum atomic E-state index is 6.38. The predicted molar refractivity (Wildman–Crippen MR) is 70.2 cm³/mol. The van der Waals surface area contributed by atoms with E-state index in [4.69, 9.17) is 15.2 Å². The van der Waals surface area contributed by atoms with Crippen molar-refractivity contribution in [3.63, 3.8) is 0 Å². The highest BCUT2D eigenvalue weighted by Gasteiger charge is 2.29. The van der Waals surface area contributed by atoms with E-state index in [1.54, 1.807) is 14.2 Å². The molecule has 0 aromatic carbocycles. The average molecular weight is 244 g/mol. The van der Waals surface area contributed by atoms with Crippen LogP contribution in [0.25, 0.3) is 0 Å². The fraction of sp³-hybridized carbons (Fsp3) is 1.00. The van der Waals surface area contributed by atoms with E-state index in [-0.39, 0.29) is 5.54 Å². The Hall–Kier alpha value is -0.160. The van der Waals surface area contributed by atoms with Crippen LogP contribution in [0.3, 0.4) is 0 Å². The van der Waals surface area contributed by atoms with Crippen molar-refractivity contribution in [3.05, 3.63) is 0 Å². The largest absolute Gasteiger partial charge is 0.383 e. The quantitative estimate of drug-likeness (QED) is 0.663. The second-order valence-corrected chi connectivity index (χ2v) is 5.15. The van der Waals surface area contributed by atoms with Crippen LogP contribution in [0.2, 0.25) is 0 Å². The molecule has 1 aliphatic rings. The number of rotatable bonds is 9. The molecule has 0 amide bonds. The van der Waals surface area contributed by atoms with Crippen LogP contribution in [0.4, 0.5) is 0 Å². The van der Waals surface area contributed by atoms with E-state index in [9.17, 15) is 0 Å². The zero-order chi connectivity index (χ0) is 12.6. The SMILES string of the molecule is COCCN(CCOC)CCC1(N)CCCC1. The number of hydrogen-bond donors (Lipinski definition) is 1. The summed E-state index contributed by atoms with van der Waals surface area (Å²) >= 11 is 0. The molecule has 4 nitrogen and oxygen atoms in total. The normalized spacial score (nSPS) is 19.1. The number of nitrogens with zero attached hydrogens (tertiary/aromatic N) is 1. The van der Waals surface area contributed by atoms with E-state index in [1.807, 2.05) is 0 Å². The van der Waals surface area contributed by atoms with Gasteiger partial charge in [0.25, 0.3) is 0 Å². The van der Waals surface area contributed by atoms with Crippen molar-refractivity contribution in [2.24, 2.45) is 5.73 Å². The smallest absolute Gasteiger partial charge is 0.0589 e. The molecule has 102 valence electrons. The van der Waals surface area contributed by atoms with E-state index >= 15 is 0 Å². The van der Waals surface area contributed by atoms with E-state index in [0.717, 1.165) is 39.3 Å². The summed E-state index contributed by atoms with van der Waals surface area (Å²) in [6.07, 6.45) is 6.07. The molecular formula is C13H28N2O2. The van der Waals surface area contributed by atoms with Crippen molar-refractivity contribution in [1.29, 1.82) is 0 Å². The van der Waals surface area contributed by atoms with Crippen LogP contribution in [-0.2, 0) is 9.47 Å². The van der Waals surface area contributed by atoms with Gasteiger partial charge in [-0.1, -0.05) is 12.8 Å². The molecule has 0 heterocycles. The van der Waals surface area contributed by atoms with Gasteiger partial charge in [0, 0.05) is 39.4 Å². The lowest BCUT2D eigenvalue weighted by molar-refractivity contribution is 0.108. The van der Waals surface area contributed by atoms with Crippen LogP contribution in [0, 0.1) is 0 Å². The molecule has 0 saturated heterocycles. The van der Waals surface area contributed by atoms with Crippen molar-refractivity contribution in [1.82, 2.24) is 4.90 Å². The van der Waals surface area contributed by atoms with Crippen molar-refractivity contribution >= 4 is 0 Å². The fourth-order valence-corrected chi connectivity index (χ4v) is 2.49. The van der Waals surface area contributed by atoms with Gasteiger partial charge in [0.1, 0.15) is 0 Å². The Balaban J connectivity index is 2.26. The Morgan fingerprint density at radius 3 is 2.00 bits per heavy atom. The standard InChI is InChI=1S/C13H28N2O2/c1-16-11-9-15(10-12-17-2)8-7-13(14)5-3-4-6-13/h3-12,14H2,1-2H3. The van der Waals surface area contributed by atoms with E-state index in [2.05, 4.69) is 4.90 Å². The minimum atomic E-state index is 0.0956. The zero-order valence-corrected chi connectivity index (χ0v) is 11.4. The van der Waals surface area contributed by atoms with Gasteiger partial charge in [-0.05, 0) is 19.3 Å². The fourth-order valence-electron chi connectivity index (χ4n) is 2.49. The molecule has 0 bridgehead atoms. The summed E-state index contributed by atoms with van der Waals surface area (Å²) < 4.78 is 10.3. The maximum absolute atomic E-state index is 6.38. The molecule has 1 aliphatic carbocycles. The summed E-state index contributed by atoms with van der Waals surface area (Å²) in [6, 6.07) is 0. The number of methoxy groups -OCH3 is 2. The molecule has 2 N–H and O–H groups in total. The molecule has 0 spiro atoms. The Labute approximate surface area is 105 Å². The second kappa shape index (κ2) is 8.03. The summed E-state index contributed by atoms with van der Waals surface area (Å²) in [5, 5.41) is 0. The van der Waals surface area contributed by atoms with Crippen molar-refractivity contribution in [2.75, 3.05) is 47.1 Å². The van der Waals surface area contributed by atoms with Crippen LogP contribution >= 0.6 is 0 Å². The first-order valence-electron chi connectivity index (χ1n) is 6.69. The van der Waals surface area contributed by atoms with E-state index in [1.165, 1.54) is 25.7 Å². The van der Waals surface area contributed by atoms with Gasteiger partial charge in [0.2, 0.25) is 0 Å². The van der Waals surface area contributed by atoms with Gasteiger partial charge in [0.15, 0.2) is 0 Å². The molecule has 0 aliphatic heterocycles. The average Bonchev–Trinajstić information content (AvgIpc) is 2.76. The first-order chi connectivity index (χ1) is 8.20. The first kappa shape index (κ1) is 14.9. The molecule has 1 rings (SSSR count). The molecule has 0 unspecified atom stereocenters. The molecule has 0 atom stereocenters. The van der Waals surface area contributed by atoms with Gasteiger partial charge in [-0.3, -0.25) is 4.90 Å². The van der Waals surface area contributed by atoms with Crippen LogP contribution in [-0.4, -0.2) is 57.5 Å². The molecule has 17 heavy (non-hydrogen) atoms. The lowest BCUT2D eigenvalue weighted by Crippen LogP contribution is -2.42. The summed E-state index contributed by atoms with van der Waals surface area (Å²) in [6.45, 7) is 4.55. The summed E-state index contributed by atoms with van der Waals surface area (Å²) in [7, 11) is 3.49. The third-order valence-corrected chi connectivity index (χ3v) is 3.75. The van der Waals surface area contributed by atoms with Crippen molar-refractivity contribution < 1.29 is 9.47 Å². The summed E-state index contributed by atoms with van der Waals surface area (Å²) in [4.78, 5) is 2.39. The molecule has 1 saturated carbocycles. The molecule has 0 aromatic heterocycles. The molecule has 0 aromatic rings. The maximum Gasteiger partial charge on any atom is 0.0589 e. The predicted octanol–water partition coefficient (Wildman–Crippen LogP) is 1.24. The van der Waals surface area contributed by atoms with E-state index in [0.29, 0.717) is 0 Å². The third kappa shape index (κ3) is 5.82. The summed E-state index contributed by atoms with van der Waals surface area (Å²) in [5.74, 6) is 0. The van der Waals surface area contributed by atoms with Gasteiger partial charge < -0.3 is 15.2 Å². The van der Waals surface area contributed by atoms with E-state index < -0.39 is 0 Å². The minimum absolute atomic E-state index is 0.0956. The van der Waals surface area contributed by atoms with Gasteiger partial charge in [-0.15, -0.1) is 0 Å². The minimum Gasteiger partial charge on any atom is -0.383 e. The molecule has 4 heteroatoms. The first-order valence-corrected chi connectivity index (χ1v) is 6.69. The molecule has 1 fully saturated rings. The highest BCUT2D eigenvalue weighted by molar-refractivity contribution is 4.89.